The lowest BCUT2D eigenvalue weighted by atomic mass is 9.75. The molecule has 244 valence electrons. The highest BCUT2D eigenvalue weighted by Crippen LogP contribution is 2.42. The zero-order valence-corrected chi connectivity index (χ0v) is 27.4. The van der Waals surface area contributed by atoms with E-state index >= 15 is 4.39 Å². The first-order valence-corrected chi connectivity index (χ1v) is 16.4. The molecule has 3 aliphatic heterocycles. The van der Waals surface area contributed by atoms with Crippen LogP contribution in [0.3, 0.4) is 0 Å². The first kappa shape index (κ1) is 32.8. The molecule has 1 aromatic rings. The Bertz CT molecular complexity index is 1230. The van der Waals surface area contributed by atoms with Gasteiger partial charge >= 0.3 is 0 Å². The van der Waals surface area contributed by atoms with E-state index in [0.29, 0.717) is 51.3 Å². The van der Waals surface area contributed by atoms with Crippen LogP contribution in [0.1, 0.15) is 85.1 Å². The lowest BCUT2D eigenvalue weighted by molar-refractivity contribution is -0.146. The minimum atomic E-state index is -0.685. The number of carbonyl (C=O) groups excluding carboxylic acids is 3. The lowest BCUT2D eigenvalue weighted by Crippen LogP contribution is -2.54. The maximum Gasteiger partial charge on any atom is 0.245 e. The topological polar surface area (TPSA) is 76.2 Å². The number of benzene rings is 1. The third-order valence-electron chi connectivity index (χ3n) is 10.7. The van der Waals surface area contributed by atoms with E-state index in [1.165, 1.54) is 12.1 Å². The van der Waals surface area contributed by atoms with Crippen LogP contribution < -0.4 is 5.32 Å². The summed E-state index contributed by atoms with van der Waals surface area (Å²) < 4.78 is 29.1. The molecule has 1 N–H and O–H groups in total. The molecule has 5 rings (SSSR count). The summed E-state index contributed by atoms with van der Waals surface area (Å²) in [6.45, 7) is 16.0. The van der Waals surface area contributed by atoms with Crippen molar-refractivity contribution in [2.45, 2.75) is 103 Å². The van der Waals surface area contributed by atoms with E-state index in [2.05, 4.69) is 44.8 Å². The van der Waals surface area contributed by atoms with Crippen LogP contribution in [0.5, 0.6) is 0 Å². The molecule has 8 nitrogen and oxygen atoms in total. The van der Waals surface area contributed by atoms with Crippen molar-refractivity contribution in [3.8, 4) is 0 Å². The van der Waals surface area contributed by atoms with E-state index in [1.54, 1.807) is 11.8 Å². The van der Waals surface area contributed by atoms with Crippen LogP contribution in [0.25, 0.3) is 0 Å². The molecule has 0 radical (unpaired) electrons. The van der Waals surface area contributed by atoms with E-state index in [1.807, 2.05) is 9.80 Å². The van der Waals surface area contributed by atoms with E-state index in [9.17, 15) is 18.8 Å². The smallest absolute Gasteiger partial charge is 0.245 e. The van der Waals surface area contributed by atoms with E-state index in [4.69, 9.17) is 0 Å². The van der Waals surface area contributed by atoms with Crippen molar-refractivity contribution >= 4 is 17.7 Å². The monoisotopic (exact) mass is 615 g/mol. The van der Waals surface area contributed by atoms with Gasteiger partial charge in [-0.15, -0.1) is 0 Å². The number of hydrogen-bond acceptors (Lipinski definition) is 5. The number of likely N-dealkylation sites (tertiary alicyclic amines) is 2. The molecule has 2 unspecified atom stereocenters. The van der Waals surface area contributed by atoms with Crippen molar-refractivity contribution in [2.75, 3.05) is 45.8 Å². The van der Waals surface area contributed by atoms with Gasteiger partial charge in [-0.1, -0.05) is 19.9 Å². The van der Waals surface area contributed by atoms with E-state index < -0.39 is 29.5 Å². The Kier molecular flexibility index (Phi) is 9.44. The van der Waals surface area contributed by atoms with Crippen LogP contribution in [0.2, 0.25) is 0 Å². The van der Waals surface area contributed by atoms with Gasteiger partial charge in [-0.25, -0.2) is 8.78 Å². The second kappa shape index (κ2) is 12.7. The van der Waals surface area contributed by atoms with Crippen molar-refractivity contribution in [1.29, 1.82) is 0 Å². The van der Waals surface area contributed by atoms with Gasteiger partial charge in [0.1, 0.15) is 17.7 Å². The molecular formula is C34H51F2N5O3. The molecule has 4 atom stereocenters. The molecule has 0 aromatic heterocycles. The minimum Gasteiger partial charge on any atom is -0.338 e. The van der Waals surface area contributed by atoms with Crippen molar-refractivity contribution in [3.63, 3.8) is 0 Å². The number of piperazine rings is 1. The highest BCUT2D eigenvalue weighted by molar-refractivity contribution is 5.90. The van der Waals surface area contributed by atoms with Crippen molar-refractivity contribution in [3.05, 3.63) is 35.4 Å². The van der Waals surface area contributed by atoms with Gasteiger partial charge in [0.15, 0.2) is 0 Å². The molecule has 1 aliphatic carbocycles. The Morgan fingerprint density at radius 3 is 2.20 bits per heavy atom. The van der Waals surface area contributed by atoms with Crippen LogP contribution in [0.4, 0.5) is 8.78 Å². The number of halogens is 2. The molecule has 4 aliphatic rings. The van der Waals surface area contributed by atoms with E-state index in [-0.39, 0.29) is 47.3 Å². The Labute approximate surface area is 261 Å². The molecule has 44 heavy (non-hydrogen) atoms. The molecule has 10 heteroatoms. The van der Waals surface area contributed by atoms with Gasteiger partial charge in [0.2, 0.25) is 17.7 Å². The van der Waals surface area contributed by atoms with Gasteiger partial charge < -0.3 is 20.0 Å². The average Bonchev–Trinajstić information content (AvgIpc) is 3.59. The molecule has 3 saturated heterocycles. The molecule has 1 saturated carbocycles. The second-order valence-electron chi connectivity index (χ2n) is 15.2. The summed E-state index contributed by atoms with van der Waals surface area (Å²) in [5, 5.41) is 3.29. The fourth-order valence-corrected chi connectivity index (χ4v) is 8.00. The fraction of sp³-hybridized carbons (Fsp3) is 0.735. The van der Waals surface area contributed by atoms with Crippen LogP contribution in [0, 0.1) is 23.0 Å². The molecule has 0 spiro atoms. The van der Waals surface area contributed by atoms with Gasteiger partial charge in [-0.05, 0) is 69.9 Å². The SMILES string of the molecule is CC(=O)N(C1CCC(C)(C)CC1)C1CC(C(=O)N2CCNCC2)N(C(=O)[C@H]2CN(C(C)(C)C)C[C@H]2c2ccc(F)cc2F)C1. The molecule has 1 aromatic carbocycles. The predicted octanol–water partition coefficient (Wildman–Crippen LogP) is 4.00. The third-order valence-corrected chi connectivity index (χ3v) is 10.7. The van der Waals surface area contributed by atoms with Crippen molar-refractivity contribution < 1.29 is 23.2 Å². The van der Waals surface area contributed by atoms with Crippen LogP contribution in [0.15, 0.2) is 18.2 Å². The highest BCUT2D eigenvalue weighted by Gasteiger charge is 2.51. The quantitative estimate of drug-likeness (QED) is 0.542. The number of nitrogens with zero attached hydrogens (tertiary/aromatic N) is 4. The zero-order valence-electron chi connectivity index (χ0n) is 27.4. The zero-order chi connectivity index (χ0) is 32.0. The molecular weight excluding hydrogens is 564 g/mol. The Hall–Kier alpha value is -2.59. The average molecular weight is 616 g/mol. The summed E-state index contributed by atoms with van der Waals surface area (Å²) in [4.78, 5) is 49.7. The first-order chi connectivity index (χ1) is 20.7. The molecule has 3 heterocycles. The summed E-state index contributed by atoms with van der Waals surface area (Å²) in [6.07, 6.45) is 4.26. The number of rotatable bonds is 5. The standard InChI is InChI=1S/C34H51F2N5O3/c1-22(42)41(24-9-11-34(5,6)12-10-24)25-18-30(32(44)38-15-13-37-14-16-38)40(19-25)31(43)28-21-39(33(2,3)4)20-27(28)26-8-7-23(35)17-29(26)36/h7-8,17,24-25,27-28,30,37H,9-16,18-21H2,1-6H3/t25?,27-,28-,30?/m0/s1. The predicted molar refractivity (Wildman–Crippen MR) is 166 cm³/mol. The summed E-state index contributed by atoms with van der Waals surface area (Å²) in [5.41, 5.74) is 0.296. The van der Waals surface area contributed by atoms with Gasteiger partial charge in [0, 0.05) is 76.3 Å². The maximum atomic E-state index is 15.2. The van der Waals surface area contributed by atoms with Gasteiger partial charge in [0.05, 0.1) is 12.0 Å². The minimum absolute atomic E-state index is 0.0200. The van der Waals surface area contributed by atoms with Crippen molar-refractivity contribution in [1.82, 2.24) is 24.9 Å². The summed E-state index contributed by atoms with van der Waals surface area (Å²) in [5.74, 6) is -2.68. The number of hydrogen-bond donors (Lipinski definition) is 1. The maximum absolute atomic E-state index is 15.2. The Balaban J connectivity index is 1.47. The molecule has 0 bridgehead atoms. The molecule has 4 fully saturated rings. The van der Waals surface area contributed by atoms with Crippen LogP contribution >= 0.6 is 0 Å². The van der Waals surface area contributed by atoms with Gasteiger partial charge in [0.25, 0.3) is 0 Å². The Morgan fingerprint density at radius 1 is 0.955 bits per heavy atom. The summed E-state index contributed by atoms with van der Waals surface area (Å²) >= 11 is 0. The van der Waals surface area contributed by atoms with Crippen LogP contribution in [-0.4, -0.2) is 107 Å². The number of carbonyl (C=O) groups is 3. The Morgan fingerprint density at radius 2 is 1.61 bits per heavy atom. The van der Waals surface area contributed by atoms with Crippen LogP contribution in [-0.2, 0) is 14.4 Å². The number of amides is 3. The highest BCUT2D eigenvalue weighted by atomic mass is 19.1. The van der Waals surface area contributed by atoms with Gasteiger partial charge in [-0.2, -0.15) is 0 Å². The van der Waals surface area contributed by atoms with Gasteiger partial charge in [-0.3, -0.25) is 19.3 Å². The largest absolute Gasteiger partial charge is 0.338 e. The lowest BCUT2D eigenvalue weighted by Gasteiger charge is -2.42. The molecule has 3 amide bonds. The summed E-state index contributed by atoms with van der Waals surface area (Å²) in [7, 11) is 0. The first-order valence-electron chi connectivity index (χ1n) is 16.4. The normalized spacial score (nSPS) is 28.4. The summed E-state index contributed by atoms with van der Waals surface area (Å²) in [6, 6.07) is 2.73. The van der Waals surface area contributed by atoms with Crippen molar-refractivity contribution in [2.24, 2.45) is 11.3 Å². The second-order valence-corrected chi connectivity index (χ2v) is 15.2. The van der Waals surface area contributed by atoms with E-state index in [0.717, 1.165) is 31.7 Å². The number of nitrogens with one attached hydrogen (secondary N) is 1. The third kappa shape index (κ3) is 6.81. The fourth-order valence-electron chi connectivity index (χ4n) is 8.00.